The molecular formula is C6H3ClFO2S-. The Kier molecular flexibility index (Phi) is 2.59. The van der Waals surface area contributed by atoms with Crippen LogP contribution >= 0.6 is 11.6 Å². The average Bonchev–Trinajstić information content (AvgIpc) is 1.94. The van der Waals surface area contributed by atoms with Crippen molar-refractivity contribution in [3.8, 4) is 0 Å². The number of hydrogen-bond donors (Lipinski definition) is 0. The van der Waals surface area contributed by atoms with Crippen LogP contribution in [0.15, 0.2) is 23.1 Å². The minimum atomic E-state index is -2.56. The lowest BCUT2D eigenvalue weighted by atomic mass is 10.3. The summed E-state index contributed by atoms with van der Waals surface area (Å²) in [4.78, 5) is -0.405. The van der Waals surface area contributed by atoms with E-state index in [0.29, 0.717) is 0 Å². The van der Waals surface area contributed by atoms with Crippen molar-refractivity contribution in [2.24, 2.45) is 0 Å². The average molecular weight is 194 g/mol. The summed E-state index contributed by atoms with van der Waals surface area (Å²) in [6, 6.07) is 3.35. The number of hydrogen-bond acceptors (Lipinski definition) is 2. The molecule has 0 heterocycles. The summed E-state index contributed by atoms with van der Waals surface area (Å²) in [6.45, 7) is 0. The Morgan fingerprint density at radius 1 is 1.55 bits per heavy atom. The van der Waals surface area contributed by atoms with Gasteiger partial charge in [-0.25, -0.2) is 4.39 Å². The zero-order valence-corrected chi connectivity index (χ0v) is 6.79. The molecule has 0 amide bonds. The molecule has 0 N–H and O–H groups in total. The first-order valence-corrected chi connectivity index (χ1v) is 4.11. The Hall–Kier alpha value is -0.450. The lowest BCUT2D eigenvalue weighted by Gasteiger charge is -2.05. The normalized spacial score (nSPS) is 13.0. The van der Waals surface area contributed by atoms with Gasteiger partial charge in [0.15, 0.2) is 0 Å². The Morgan fingerprint density at radius 2 is 2.18 bits per heavy atom. The van der Waals surface area contributed by atoms with Gasteiger partial charge in [-0.3, -0.25) is 4.21 Å². The van der Waals surface area contributed by atoms with Crippen molar-refractivity contribution in [1.29, 1.82) is 0 Å². The SMILES string of the molecule is O=S([O-])c1cc(Cl)ccc1F. The first kappa shape index (κ1) is 8.64. The van der Waals surface area contributed by atoms with Crippen LogP contribution in [0.3, 0.4) is 0 Å². The van der Waals surface area contributed by atoms with Gasteiger partial charge in [-0.15, -0.1) is 0 Å². The molecule has 2 nitrogen and oxygen atoms in total. The molecule has 1 rings (SSSR count). The van der Waals surface area contributed by atoms with Crippen molar-refractivity contribution >= 4 is 22.7 Å². The highest BCUT2D eigenvalue weighted by Gasteiger charge is 2.01. The van der Waals surface area contributed by atoms with Crippen LogP contribution in [-0.2, 0) is 11.1 Å². The summed E-state index contributed by atoms with van der Waals surface area (Å²) in [7, 11) is 0. The quantitative estimate of drug-likeness (QED) is 0.638. The molecule has 0 saturated carbocycles. The van der Waals surface area contributed by atoms with Gasteiger partial charge in [0.25, 0.3) is 0 Å². The Morgan fingerprint density at radius 3 is 2.64 bits per heavy atom. The van der Waals surface area contributed by atoms with E-state index in [1.165, 1.54) is 6.07 Å². The van der Waals surface area contributed by atoms with E-state index in [1.807, 2.05) is 0 Å². The second-order valence-electron chi connectivity index (χ2n) is 1.81. The van der Waals surface area contributed by atoms with Gasteiger partial charge in [0.05, 0.1) is 4.90 Å². The van der Waals surface area contributed by atoms with Crippen molar-refractivity contribution in [2.45, 2.75) is 4.90 Å². The van der Waals surface area contributed by atoms with Crippen molar-refractivity contribution in [2.75, 3.05) is 0 Å². The van der Waals surface area contributed by atoms with Gasteiger partial charge in [0, 0.05) is 5.02 Å². The maximum absolute atomic E-state index is 12.6. The largest absolute Gasteiger partial charge is 0.768 e. The summed E-state index contributed by atoms with van der Waals surface area (Å²) >= 11 is 2.86. The summed E-state index contributed by atoms with van der Waals surface area (Å²) in [5, 5.41) is 0.200. The van der Waals surface area contributed by atoms with Gasteiger partial charge < -0.3 is 4.55 Å². The third-order valence-electron chi connectivity index (χ3n) is 1.07. The molecule has 1 aromatic carbocycles. The molecule has 0 aliphatic rings. The number of halogens is 2. The van der Waals surface area contributed by atoms with Crippen molar-refractivity contribution in [1.82, 2.24) is 0 Å². The lowest BCUT2D eigenvalue weighted by molar-refractivity contribution is 0.523. The minimum Gasteiger partial charge on any atom is -0.768 e. The van der Waals surface area contributed by atoms with Crippen LogP contribution in [0.1, 0.15) is 0 Å². The summed E-state index contributed by atoms with van der Waals surface area (Å²) < 4.78 is 33.1. The van der Waals surface area contributed by atoms with E-state index in [2.05, 4.69) is 0 Å². The summed E-state index contributed by atoms with van der Waals surface area (Å²) in [5.41, 5.74) is 0. The molecule has 11 heavy (non-hydrogen) atoms. The first-order valence-electron chi connectivity index (χ1n) is 2.65. The molecule has 0 aliphatic heterocycles. The van der Waals surface area contributed by atoms with Gasteiger partial charge in [-0.2, -0.15) is 0 Å². The highest BCUT2D eigenvalue weighted by molar-refractivity contribution is 7.79. The summed E-state index contributed by atoms with van der Waals surface area (Å²) in [6.07, 6.45) is 0. The van der Waals surface area contributed by atoms with Gasteiger partial charge in [-0.05, 0) is 29.3 Å². The maximum Gasteiger partial charge on any atom is 0.138 e. The van der Waals surface area contributed by atoms with Gasteiger partial charge in [0.1, 0.15) is 5.82 Å². The van der Waals surface area contributed by atoms with Crippen LogP contribution in [0, 0.1) is 5.82 Å². The molecular weight excluding hydrogens is 191 g/mol. The van der Waals surface area contributed by atoms with Crippen molar-refractivity contribution in [3.63, 3.8) is 0 Å². The van der Waals surface area contributed by atoms with Crippen molar-refractivity contribution in [3.05, 3.63) is 29.0 Å². The molecule has 0 aromatic heterocycles. The van der Waals surface area contributed by atoms with Crippen LogP contribution in [-0.4, -0.2) is 8.76 Å². The zero-order chi connectivity index (χ0) is 8.43. The maximum atomic E-state index is 12.6. The minimum absolute atomic E-state index is 0.200. The standard InChI is InChI=1S/C6H4ClFO2S/c7-4-1-2-5(8)6(3-4)11(9)10/h1-3H,(H,9,10)/p-1. The fourth-order valence-corrected chi connectivity index (χ4v) is 1.29. The molecule has 1 unspecified atom stereocenters. The van der Waals surface area contributed by atoms with Crippen LogP contribution < -0.4 is 0 Å². The Bertz CT molecular complexity index is 303. The van der Waals surface area contributed by atoms with E-state index in [4.69, 9.17) is 11.6 Å². The first-order chi connectivity index (χ1) is 5.11. The molecule has 0 radical (unpaired) electrons. The highest BCUT2D eigenvalue weighted by Crippen LogP contribution is 2.16. The molecule has 0 fully saturated rings. The van der Waals surface area contributed by atoms with E-state index < -0.39 is 21.8 Å². The van der Waals surface area contributed by atoms with E-state index >= 15 is 0 Å². The molecule has 0 saturated heterocycles. The molecule has 60 valence electrons. The number of rotatable bonds is 1. The predicted octanol–water partition coefficient (Wildman–Crippen LogP) is 1.72. The van der Waals surface area contributed by atoms with E-state index in [1.54, 1.807) is 0 Å². The van der Waals surface area contributed by atoms with Crippen LogP contribution in [0.25, 0.3) is 0 Å². The summed E-state index contributed by atoms with van der Waals surface area (Å²) in [5.74, 6) is -0.789. The highest BCUT2D eigenvalue weighted by atomic mass is 35.5. The van der Waals surface area contributed by atoms with Gasteiger partial charge in [-0.1, -0.05) is 11.6 Å². The fraction of sp³-hybridized carbons (Fsp3) is 0. The zero-order valence-electron chi connectivity index (χ0n) is 5.21. The molecule has 1 atom stereocenters. The Balaban J connectivity index is 3.23. The van der Waals surface area contributed by atoms with Crippen LogP contribution in [0.5, 0.6) is 0 Å². The molecule has 0 spiro atoms. The third-order valence-corrected chi connectivity index (χ3v) is 1.98. The number of benzene rings is 1. The monoisotopic (exact) mass is 193 g/mol. The molecule has 0 bridgehead atoms. The van der Waals surface area contributed by atoms with E-state index in [-0.39, 0.29) is 5.02 Å². The van der Waals surface area contributed by atoms with E-state index in [9.17, 15) is 13.2 Å². The van der Waals surface area contributed by atoms with Crippen LogP contribution in [0.2, 0.25) is 5.02 Å². The van der Waals surface area contributed by atoms with Gasteiger partial charge in [0.2, 0.25) is 0 Å². The smallest absolute Gasteiger partial charge is 0.138 e. The predicted molar refractivity (Wildman–Crippen MR) is 38.6 cm³/mol. The van der Waals surface area contributed by atoms with Crippen molar-refractivity contribution < 1.29 is 13.2 Å². The van der Waals surface area contributed by atoms with E-state index in [0.717, 1.165) is 12.1 Å². The third kappa shape index (κ3) is 1.99. The van der Waals surface area contributed by atoms with Gasteiger partial charge >= 0.3 is 0 Å². The lowest BCUT2D eigenvalue weighted by Crippen LogP contribution is -1.92. The molecule has 0 aliphatic carbocycles. The molecule has 1 aromatic rings. The Labute approximate surface area is 70.3 Å². The second kappa shape index (κ2) is 3.30. The molecule has 5 heteroatoms. The second-order valence-corrected chi connectivity index (χ2v) is 3.16. The fourth-order valence-electron chi connectivity index (χ4n) is 0.605. The topological polar surface area (TPSA) is 40.1 Å². The van der Waals surface area contributed by atoms with Crippen LogP contribution in [0.4, 0.5) is 4.39 Å².